The highest BCUT2D eigenvalue weighted by atomic mass is 79.9. The minimum atomic E-state index is -0.798. The van der Waals surface area contributed by atoms with Gasteiger partial charge in [0.25, 0.3) is 0 Å². The maximum Gasteiger partial charge on any atom is 0.174 e. The van der Waals surface area contributed by atoms with Crippen LogP contribution < -0.4 is 0 Å². The second-order valence-corrected chi connectivity index (χ2v) is 3.27. The predicted octanol–water partition coefficient (Wildman–Crippen LogP) is 2.09. The van der Waals surface area contributed by atoms with Gasteiger partial charge in [-0.1, -0.05) is 15.9 Å². The number of alkyl halides is 1. The van der Waals surface area contributed by atoms with Crippen LogP contribution in [0.25, 0.3) is 0 Å². The van der Waals surface area contributed by atoms with Gasteiger partial charge >= 0.3 is 0 Å². The number of rotatable bonds is 3. The Kier molecular flexibility index (Phi) is 3.69. The summed E-state index contributed by atoms with van der Waals surface area (Å²) in [5, 5.41) is 8.72. The molecule has 0 aliphatic carbocycles. The van der Waals surface area contributed by atoms with Crippen molar-refractivity contribution in [1.82, 2.24) is 0 Å². The Morgan fingerprint density at radius 2 is 2.27 bits per heavy atom. The van der Waals surface area contributed by atoms with Crippen molar-refractivity contribution in [2.45, 2.75) is 0 Å². The minimum Gasteiger partial charge on any atom is -0.298 e. The fraction of sp³-hybridized carbons (Fsp3) is 0.100. The largest absolute Gasteiger partial charge is 0.298 e. The lowest BCUT2D eigenvalue weighted by Crippen LogP contribution is -2.05. The van der Waals surface area contributed by atoms with Gasteiger partial charge in [-0.15, -0.1) is 0 Å². The Hall–Kier alpha value is -1.54. The number of halogens is 2. The van der Waals surface area contributed by atoms with Crippen molar-refractivity contribution in [3.8, 4) is 6.07 Å². The first kappa shape index (κ1) is 11.5. The normalized spacial score (nSPS) is 9.40. The molecule has 0 unspecified atom stereocenters. The summed E-state index contributed by atoms with van der Waals surface area (Å²) in [5.41, 5.74) is -0.238. The van der Waals surface area contributed by atoms with E-state index in [9.17, 15) is 14.0 Å². The molecule has 0 saturated heterocycles. The molecule has 3 nitrogen and oxygen atoms in total. The number of nitrogens with zero attached hydrogens (tertiary/aromatic N) is 1. The summed E-state index contributed by atoms with van der Waals surface area (Å²) in [7, 11) is 0. The van der Waals surface area contributed by atoms with E-state index in [1.54, 1.807) is 6.07 Å². The fourth-order valence-corrected chi connectivity index (χ4v) is 1.38. The van der Waals surface area contributed by atoms with E-state index in [2.05, 4.69) is 15.9 Å². The van der Waals surface area contributed by atoms with E-state index in [4.69, 9.17) is 5.26 Å². The van der Waals surface area contributed by atoms with Gasteiger partial charge in [0, 0.05) is 5.56 Å². The van der Waals surface area contributed by atoms with Gasteiger partial charge in [-0.25, -0.2) is 4.39 Å². The first-order valence-corrected chi connectivity index (χ1v) is 5.04. The summed E-state index contributed by atoms with van der Waals surface area (Å²) in [5.74, 6) is -1.20. The zero-order valence-corrected chi connectivity index (χ0v) is 9.04. The zero-order chi connectivity index (χ0) is 11.4. The van der Waals surface area contributed by atoms with Crippen LogP contribution >= 0.6 is 15.9 Å². The number of aldehydes is 1. The van der Waals surface area contributed by atoms with E-state index in [-0.39, 0.29) is 22.0 Å². The second-order valence-electron chi connectivity index (χ2n) is 2.71. The number of benzene rings is 1. The summed E-state index contributed by atoms with van der Waals surface area (Å²) in [6.07, 6.45) is 0.304. The summed E-state index contributed by atoms with van der Waals surface area (Å²) >= 11 is 2.92. The number of hydrogen-bond donors (Lipinski definition) is 0. The zero-order valence-electron chi connectivity index (χ0n) is 7.46. The van der Waals surface area contributed by atoms with Gasteiger partial charge in [0.1, 0.15) is 5.82 Å². The standard InChI is InChI=1S/C10H5BrFNO2/c11-3-10(15)8-2-9(12)7(5-14)1-6(8)4-13/h1-2,5H,3H2. The van der Waals surface area contributed by atoms with E-state index in [0.717, 1.165) is 12.1 Å². The molecule has 0 N–H and O–H groups in total. The van der Waals surface area contributed by atoms with Crippen LogP contribution in [0.2, 0.25) is 0 Å². The molecule has 1 aromatic carbocycles. The summed E-state index contributed by atoms with van der Waals surface area (Å²) < 4.78 is 13.2. The lowest BCUT2D eigenvalue weighted by molar-refractivity contribution is 0.102. The first-order valence-electron chi connectivity index (χ1n) is 3.92. The number of carbonyl (C=O) groups excluding carboxylic acids is 2. The van der Waals surface area contributed by atoms with Crippen molar-refractivity contribution in [2.75, 3.05) is 5.33 Å². The molecule has 0 spiro atoms. The Morgan fingerprint density at radius 1 is 1.60 bits per heavy atom. The molecule has 0 radical (unpaired) electrons. The smallest absolute Gasteiger partial charge is 0.174 e. The van der Waals surface area contributed by atoms with Crippen molar-refractivity contribution in [3.63, 3.8) is 0 Å². The van der Waals surface area contributed by atoms with Gasteiger partial charge in [-0.3, -0.25) is 9.59 Å². The van der Waals surface area contributed by atoms with Gasteiger partial charge in [0.2, 0.25) is 0 Å². The minimum absolute atomic E-state index is 0.00154. The van der Waals surface area contributed by atoms with Gasteiger partial charge in [0.15, 0.2) is 12.1 Å². The Labute approximate surface area is 93.6 Å². The molecule has 0 saturated carbocycles. The van der Waals surface area contributed by atoms with Gasteiger partial charge < -0.3 is 0 Å². The predicted molar refractivity (Wildman–Crippen MR) is 54.6 cm³/mol. The molecular formula is C10H5BrFNO2. The average Bonchev–Trinajstić information content (AvgIpc) is 2.27. The molecule has 5 heteroatoms. The molecule has 0 bridgehead atoms. The molecule has 1 rings (SSSR count). The van der Waals surface area contributed by atoms with Crippen molar-refractivity contribution < 1.29 is 14.0 Å². The lowest BCUT2D eigenvalue weighted by atomic mass is 10.0. The van der Waals surface area contributed by atoms with Crippen molar-refractivity contribution >= 4 is 28.0 Å². The summed E-state index contributed by atoms with van der Waals surface area (Å²) in [4.78, 5) is 21.7. The van der Waals surface area contributed by atoms with Crippen molar-refractivity contribution in [1.29, 1.82) is 5.26 Å². The molecule has 76 valence electrons. The third-order valence-corrected chi connectivity index (χ3v) is 2.32. The molecule has 0 aliphatic rings. The second kappa shape index (κ2) is 4.80. The third-order valence-electron chi connectivity index (χ3n) is 1.81. The third kappa shape index (κ3) is 2.28. The van der Waals surface area contributed by atoms with E-state index < -0.39 is 11.6 Å². The number of nitriles is 1. The molecular weight excluding hydrogens is 265 g/mol. The van der Waals surface area contributed by atoms with Crippen LogP contribution in [-0.4, -0.2) is 17.4 Å². The topological polar surface area (TPSA) is 57.9 Å². The lowest BCUT2D eigenvalue weighted by Gasteiger charge is -2.02. The van der Waals surface area contributed by atoms with Crippen LogP contribution in [0.4, 0.5) is 4.39 Å². The molecule has 0 atom stereocenters. The van der Waals surface area contributed by atoms with Gasteiger partial charge in [0.05, 0.1) is 22.5 Å². The number of carbonyl (C=O) groups is 2. The van der Waals surface area contributed by atoms with E-state index in [0.29, 0.717) is 6.29 Å². The Morgan fingerprint density at radius 3 is 2.73 bits per heavy atom. The van der Waals surface area contributed by atoms with Gasteiger partial charge in [-0.05, 0) is 12.1 Å². The van der Waals surface area contributed by atoms with Crippen LogP contribution in [0.1, 0.15) is 26.3 Å². The van der Waals surface area contributed by atoms with Gasteiger partial charge in [-0.2, -0.15) is 5.26 Å². The van der Waals surface area contributed by atoms with Crippen molar-refractivity contribution in [3.05, 3.63) is 34.6 Å². The van der Waals surface area contributed by atoms with Crippen LogP contribution in [0.3, 0.4) is 0 Å². The number of hydrogen-bond acceptors (Lipinski definition) is 3. The highest BCUT2D eigenvalue weighted by Gasteiger charge is 2.14. The Balaban J connectivity index is 3.41. The quantitative estimate of drug-likeness (QED) is 0.480. The summed E-state index contributed by atoms with van der Waals surface area (Å²) in [6.45, 7) is 0. The van der Waals surface area contributed by atoms with Crippen LogP contribution in [0.5, 0.6) is 0 Å². The number of Topliss-reactive ketones (excluding diaryl/α,β-unsaturated/α-hetero) is 1. The maximum atomic E-state index is 13.2. The molecule has 15 heavy (non-hydrogen) atoms. The summed E-state index contributed by atoms with van der Waals surface area (Å²) in [6, 6.07) is 3.72. The highest BCUT2D eigenvalue weighted by Crippen LogP contribution is 2.15. The van der Waals surface area contributed by atoms with Crippen LogP contribution in [-0.2, 0) is 0 Å². The molecule has 0 amide bonds. The van der Waals surface area contributed by atoms with E-state index >= 15 is 0 Å². The monoisotopic (exact) mass is 269 g/mol. The molecule has 0 heterocycles. The first-order chi connectivity index (χ1) is 7.13. The van der Waals surface area contributed by atoms with Crippen LogP contribution in [0.15, 0.2) is 12.1 Å². The Bertz CT molecular complexity index is 465. The average molecular weight is 270 g/mol. The fourth-order valence-electron chi connectivity index (χ4n) is 1.08. The molecule has 1 aromatic rings. The highest BCUT2D eigenvalue weighted by molar-refractivity contribution is 9.09. The molecule has 0 aromatic heterocycles. The molecule has 0 aliphatic heterocycles. The van der Waals surface area contributed by atoms with E-state index in [1.807, 2.05) is 0 Å². The SMILES string of the molecule is N#Cc1cc(C=O)c(F)cc1C(=O)CBr. The maximum absolute atomic E-state index is 13.2. The van der Waals surface area contributed by atoms with E-state index in [1.165, 1.54) is 0 Å². The van der Waals surface area contributed by atoms with Crippen molar-refractivity contribution in [2.24, 2.45) is 0 Å². The molecule has 0 fully saturated rings. The van der Waals surface area contributed by atoms with Crippen LogP contribution in [0, 0.1) is 17.1 Å². The number of ketones is 1.